The molecule has 0 amide bonds. The fourth-order valence-corrected chi connectivity index (χ4v) is 4.79. The summed E-state index contributed by atoms with van der Waals surface area (Å²) in [6.45, 7) is 6.12. The third kappa shape index (κ3) is 8.16. The van der Waals surface area contributed by atoms with E-state index < -0.39 is 27.2 Å². The van der Waals surface area contributed by atoms with Crippen LogP contribution in [0.1, 0.15) is 51.2 Å². The van der Waals surface area contributed by atoms with Gasteiger partial charge in [0.25, 0.3) is 5.56 Å². The maximum Gasteiger partial charge on any atom is 0.331 e. The number of ether oxygens (including phenoxy) is 1. The molecule has 3 N–H and O–H groups in total. The quantitative estimate of drug-likeness (QED) is 0.412. The second kappa shape index (κ2) is 12.0. The minimum Gasteiger partial charge on any atom is -0.493 e. The van der Waals surface area contributed by atoms with E-state index in [4.69, 9.17) is 4.74 Å². The van der Waals surface area contributed by atoms with Gasteiger partial charge in [-0.15, -0.1) is 0 Å². The predicted molar refractivity (Wildman–Crippen MR) is 147 cm³/mol. The molecular formula is C29H35NO8S. The van der Waals surface area contributed by atoms with E-state index in [0.29, 0.717) is 35.3 Å². The number of hydrogen-bond donors (Lipinski definition) is 3. The number of rotatable bonds is 9. The van der Waals surface area contributed by atoms with Crippen molar-refractivity contribution in [2.24, 2.45) is 17.3 Å². The van der Waals surface area contributed by atoms with Crippen molar-refractivity contribution in [1.29, 1.82) is 0 Å². The second-order valence-electron chi connectivity index (χ2n) is 10.8. The van der Waals surface area contributed by atoms with Crippen molar-refractivity contribution in [2.45, 2.75) is 51.3 Å². The molecule has 9 nitrogen and oxygen atoms in total. The van der Waals surface area contributed by atoms with E-state index in [9.17, 15) is 33.0 Å². The average molecular weight is 558 g/mol. The zero-order valence-corrected chi connectivity index (χ0v) is 23.4. The van der Waals surface area contributed by atoms with Gasteiger partial charge in [-0.05, 0) is 80.4 Å². The first-order valence-electron chi connectivity index (χ1n) is 12.7. The van der Waals surface area contributed by atoms with E-state index in [1.165, 1.54) is 37.3 Å². The summed E-state index contributed by atoms with van der Waals surface area (Å²) in [7, 11) is -3.51. The van der Waals surface area contributed by atoms with Crippen molar-refractivity contribution < 1.29 is 33.0 Å². The highest BCUT2D eigenvalue weighted by Gasteiger charge is 2.37. The van der Waals surface area contributed by atoms with Gasteiger partial charge in [0.15, 0.2) is 9.84 Å². The Hall–Kier alpha value is -3.66. The molecule has 1 heterocycles. The fourth-order valence-electron chi connectivity index (χ4n) is 4.14. The van der Waals surface area contributed by atoms with Gasteiger partial charge in [-0.25, -0.2) is 13.2 Å². The van der Waals surface area contributed by atoms with Crippen molar-refractivity contribution >= 4 is 27.3 Å². The van der Waals surface area contributed by atoms with E-state index in [-0.39, 0.29) is 22.4 Å². The summed E-state index contributed by atoms with van der Waals surface area (Å²) in [5.41, 5.74) is 0.135. The number of allylic oxidation sites excluding steroid dienone is 2. The van der Waals surface area contributed by atoms with Gasteiger partial charge in [0.05, 0.1) is 16.9 Å². The van der Waals surface area contributed by atoms with Gasteiger partial charge in [-0.2, -0.15) is 0 Å². The smallest absolute Gasteiger partial charge is 0.331 e. The zero-order valence-electron chi connectivity index (χ0n) is 22.6. The lowest BCUT2D eigenvalue weighted by Gasteiger charge is -2.27. The van der Waals surface area contributed by atoms with Crippen LogP contribution in [0.3, 0.4) is 0 Å². The number of nitrogens with one attached hydrogen (secondary N) is 1. The average Bonchev–Trinajstić information content (AvgIpc) is 3.68. The van der Waals surface area contributed by atoms with E-state index >= 15 is 0 Å². The molecular weight excluding hydrogens is 522 g/mol. The molecule has 10 heteroatoms. The SMILES string of the molecule is CC(C)Cc1ccc[nH]c1=O.CC1(C(=O)O)C=C(c2cc(S(C)(=O)=O)ccc2OCC2CC2)C=C(C(=O)O)C1. The number of H-pyrrole nitrogens is 1. The first-order chi connectivity index (χ1) is 18.2. The Bertz CT molecular complexity index is 1460. The minimum atomic E-state index is -3.51. The lowest BCUT2D eigenvalue weighted by molar-refractivity contribution is -0.145. The van der Waals surface area contributed by atoms with Gasteiger partial charge in [-0.1, -0.05) is 26.0 Å². The van der Waals surface area contributed by atoms with Crippen LogP contribution in [0.25, 0.3) is 5.57 Å². The van der Waals surface area contributed by atoms with E-state index in [1.807, 2.05) is 12.1 Å². The molecule has 0 saturated heterocycles. The highest BCUT2D eigenvalue weighted by Crippen LogP contribution is 2.41. The fraction of sp³-hybridized carbons (Fsp3) is 0.414. The van der Waals surface area contributed by atoms with Crippen molar-refractivity contribution in [2.75, 3.05) is 12.9 Å². The summed E-state index contributed by atoms with van der Waals surface area (Å²) in [6.07, 6.45) is 8.42. The Kier molecular flexibility index (Phi) is 9.22. The van der Waals surface area contributed by atoms with E-state index in [0.717, 1.165) is 31.1 Å². The van der Waals surface area contributed by atoms with Crippen molar-refractivity contribution in [1.82, 2.24) is 4.98 Å². The summed E-state index contributed by atoms with van der Waals surface area (Å²) in [6, 6.07) is 8.11. The molecule has 2 aliphatic carbocycles. The molecule has 0 aliphatic heterocycles. The number of carboxylic acids is 2. The van der Waals surface area contributed by atoms with Crippen molar-refractivity contribution in [3.05, 3.63) is 75.7 Å². The Balaban J connectivity index is 0.000000320. The third-order valence-electron chi connectivity index (χ3n) is 6.51. The summed E-state index contributed by atoms with van der Waals surface area (Å²) in [5, 5.41) is 19.0. The molecule has 1 aromatic carbocycles. The standard InChI is InChI=1S/C20H22O7S.C9H13NO/c1-20(19(23)24)9-13(7-14(10-20)18(21)22)16-8-15(28(2,25)26)5-6-17(16)27-11-12-3-4-12;1-7(2)6-8-4-3-5-10-9(8)11/h5-9,12H,3-4,10-11H2,1-2H3,(H,21,22)(H,23,24);3-5,7H,6H2,1-2H3,(H,10,11). The molecule has 1 atom stereocenters. The lowest BCUT2D eigenvalue weighted by Crippen LogP contribution is -2.29. The van der Waals surface area contributed by atoms with Crippen LogP contribution >= 0.6 is 0 Å². The number of aromatic nitrogens is 1. The number of pyridine rings is 1. The molecule has 0 radical (unpaired) electrons. The number of benzene rings is 1. The van der Waals surface area contributed by atoms with Crippen LogP contribution in [0.2, 0.25) is 0 Å². The number of hydrogen-bond acceptors (Lipinski definition) is 6. The molecule has 1 aromatic heterocycles. The van der Waals surface area contributed by atoms with Gasteiger partial charge in [0.2, 0.25) is 0 Å². The summed E-state index contributed by atoms with van der Waals surface area (Å²) < 4.78 is 29.8. The zero-order chi connectivity index (χ0) is 29.0. The van der Waals surface area contributed by atoms with Crippen LogP contribution in [-0.2, 0) is 25.8 Å². The third-order valence-corrected chi connectivity index (χ3v) is 7.62. The summed E-state index contributed by atoms with van der Waals surface area (Å²) in [5.74, 6) is -0.966. The topological polar surface area (TPSA) is 151 Å². The highest BCUT2D eigenvalue weighted by molar-refractivity contribution is 7.90. The van der Waals surface area contributed by atoms with E-state index in [1.54, 1.807) is 6.20 Å². The van der Waals surface area contributed by atoms with Crippen molar-refractivity contribution in [3.63, 3.8) is 0 Å². The number of aromatic amines is 1. The monoisotopic (exact) mass is 557 g/mol. The van der Waals surface area contributed by atoms with Crippen molar-refractivity contribution in [3.8, 4) is 5.75 Å². The Morgan fingerprint density at radius 2 is 1.87 bits per heavy atom. The minimum absolute atomic E-state index is 0.0428. The van der Waals surface area contributed by atoms with Crippen LogP contribution in [0.4, 0.5) is 0 Å². The second-order valence-corrected chi connectivity index (χ2v) is 12.8. The Labute approximate surface area is 228 Å². The molecule has 2 aromatic rings. The molecule has 0 bridgehead atoms. The van der Waals surface area contributed by atoms with Gasteiger partial charge in [0, 0.05) is 29.2 Å². The molecule has 1 unspecified atom stereocenters. The lowest BCUT2D eigenvalue weighted by atomic mass is 9.76. The van der Waals surface area contributed by atoms with Gasteiger partial charge in [0.1, 0.15) is 5.75 Å². The van der Waals surface area contributed by atoms with Gasteiger partial charge in [-0.3, -0.25) is 9.59 Å². The number of aliphatic carboxylic acids is 2. The summed E-state index contributed by atoms with van der Waals surface area (Å²) >= 11 is 0. The van der Waals surface area contributed by atoms with Crippen LogP contribution in [-0.4, -0.2) is 48.4 Å². The molecule has 2 aliphatic rings. The Morgan fingerprint density at radius 1 is 1.18 bits per heavy atom. The van der Waals surface area contributed by atoms with Gasteiger partial charge < -0.3 is 19.9 Å². The van der Waals surface area contributed by atoms with Gasteiger partial charge >= 0.3 is 11.9 Å². The number of carbonyl (C=O) groups is 2. The molecule has 1 saturated carbocycles. The first kappa shape index (κ1) is 29.9. The highest BCUT2D eigenvalue weighted by atomic mass is 32.2. The predicted octanol–water partition coefficient (Wildman–Crippen LogP) is 4.34. The van der Waals surface area contributed by atoms with E-state index in [2.05, 4.69) is 18.8 Å². The molecule has 210 valence electrons. The Morgan fingerprint density at radius 3 is 2.41 bits per heavy atom. The molecule has 0 spiro atoms. The van der Waals surface area contributed by atoms with Crippen LogP contribution in [0.5, 0.6) is 5.75 Å². The molecule has 4 rings (SSSR count). The van der Waals surface area contributed by atoms with Crippen LogP contribution in [0, 0.1) is 17.3 Å². The number of sulfone groups is 1. The molecule has 1 fully saturated rings. The normalized spacial score (nSPS) is 18.9. The number of carboxylic acid groups (broad SMARTS) is 2. The maximum absolute atomic E-state index is 12.0. The van der Waals surface area contributed by atoms with Crippen LogP contribution < -0.4 is 10.3 Å². The molecule has 39 heavy (non-hydrogen) atoms. The van der Waals surface area contributed by atoms with Crippen LogP contribution in [0.15, 0.2) is 63.9 Å². The summed E-state index contributed by atoms with van der Waals surface area (Å²) in [4.78, 5) is 37.1. The first-order valence-corrected chi connectivity index (χ1v) is 14.6. The maximum atomic E-state index is 12.0. The largest absolute Gasteiger partial charge is 0.493 e.